The van der Waals surface area contributed by atoms with Gasteiger partial charge in [0.1, 0.15) is 6.07 Å². The average molecular weight is 342 g/mol. The lowest BCUT2D eigenvalue weighted by Gasteiger charge is -2.32. The number of nitro benzene ring substituents is 1. The molecule has 1 aromatic carbocycles. The number of anilines is 2. The molecule has 0 spiro atoms. The average Bonchev–Trinajstić information content (AvgIpc) is 3.11. The van der Waals surface area contributed by atoms with Crippen LogP contribution in [0, 0.1) is 21.4 Å². The van der Waals surface area contributed by atoms with Gasteiger partial charge in [-0.25, -0.2) is 0 Å². The molecule has 1 aliphatic rings. The smallest absolute Gasteiger partial charge is 0.270 e. The molecule has 2 aromatic rings. The Morgan fingerprint density at radius 1 is 1.40 bits per heavy atom. The molecule has 1 aromatic heterocycles. The summed E-state index contributed by atoms with van der Waals surface area (Å²) in [6, 6.07) is 6.46. The molecule has 3 rings (SSSR count). The van der Waals surface area contributed by atoms with E-state index >= 15 is 0 Å². The molecular weight excluding hydrogens is 324 g/mol. The number of aromatic nitrogens is 2. The van der Waals surface area contributed by atoms with Gasteiger partial charge in [-0.15, -0.1) is 0 Å². The summed E-state index contributed by atoms with van der Waals surface area (Å²) in [7, 11) is 3.71. The van der Waals surface area contributed by atoms with Crippen LogP contribution in [0.5, 0.6) is 0 Å². The van der Waals surface area contributed by atoms with E-state index in [1.165, 1.54) is 12.1 Å². The summed E-state index contributed by atoms with van der Waals surface area (Å²) in [5.41, 5.74) is 0.976. The molecule has 0 N–H and O–H groups in total. The Morgan fingerprint density at radius 2 is 2.12 bits per heavy atom. The van der Waals surface area contributed by atoms with Gasteiger partial charge in [0.15, 0.2) is 0 Å². The summed E-state index contributed by atoms with van der Waals surface area (Å²) in [5.74, 6) is 1.37. The molecule has 9 heteroatoms. The first-order valence-electron chi connectivity index (χ1n) is 7.94. The fourth-order valence-electron chi connectivity index (χ4n) is 2.94. The number of rotatable bonds is 4. The van der Waals surface area contributed by atoms with E-state index < -0.39 is 4.92 Å². The molecule has 2 heterocycles. The normalized spacial score (nSPS) is 15.0. The van der Waals surface area contributed by atoms with E-state index in [4.69, 9.17) is 4.52 Å². The van der Waals surface area contributed by atoms with Crippen molar-refractivity contribution in [3.05, 3.63) is 39.8 Å². The molecule has 1 fully saturated rings. The Balaban J connectivity index is 1.72. The van der Waals surface area contributed by atoms with Gasteiger partial charge in [0.05, 0.1) is 16.2 Å². The Kier molecular flexibility index (Phi) is 4.52. The zero-order chi connectivity index (χ0) is 18.0. The number of benzene rings is 1. The molecule has 0 atom stereocenters. The highest BCUT2D eigenvalue weighted by atomic mass is 16.6. The van der Waals surface area contributed by atoms with Crippen molar-refractivity contribution >= 4 is 17.3 Å². The van der Waals surface area contributed by atoms with Crippen molar-refractivity contribution in [2.45, 2.75) is 18.8 Å². The van der Waals surface area contributed by atoms with Crippen LogP contribution in [0.3, 0.4) is 0 Å². The molecule has 130 valence electrons. The van der Waals surface area contributed by atoms with Crippen LogP contribution in [0.2, 0.25) is 0 Å². The quantitative estimate of drug-likeness (QED) is 0.614. The first kappa shape index (κ1) is 16.7. The maximum Gasteiger partial charge on any atom is 0.270 e. The van der Waals surface area contributed by atoms with Gasteiger partial charge < -0.3 is 14.3 Å². The van der Waals surface area contributed by atoms with E-state index in [-0.39, 0.29) is 11.6 Å². The fraction of sp³-hybridized carbons (Fsp3) is 0.438. The van der Waals surface area contributed by atoms with Gasteiger partial charge in [0.2, 0.25) is 5.89 Å². The van der Waals surface area contributed by atoms with Crippen molar-refractivity contribution in [1.29, 1.82) is 5.26 Å². The first-order valence-corrected chi connectivity index (χ1v) is 7.94. The minimum absolute atomic E-state index is 0.0720. The van der Waals surface area contributed by atoms with Gasteiger partial charge in [0, 0.05) is 45.2 Å². The van der Waals surface area contributed by atoms with Gasteiger partial charge in [0.25, 0.3) is 11.6 Å². The molecule has 0 radical (unpaired) electrons. The summed E-state index contributed by atoms with van der Waals surface area (Å²) in [4.78, 5) is 18.6. The maximum absolute atomic E-state index is 10.9. The Hall–Kier alpha value is -3.15. The lowest BCUT2D eigenvalue weighted by molar-refractivity contribution is -0.384. The van der Waals surface area contributed by atoms with Gasteiger partial charge in [-0.1, -0.05) is 0 Å². The lowest BCUT2D eigenvalue weighted by atomic mass is 9.96. The third-order valence-electron chi connectivity index (χ3n) is 4.33. The van der Waals surface area contributed by atoms with E-state index in [1.54, 1.807) is 11.0 Å². The summed E-state index contributed by atoms with van der Waals surface area (Å²) >= 11 is 0. The molecule has 0 saturated carbocycles. The highest BCUT2D eigenvalue weighted by Gasteiger charge is 2.27. The van der Waals surface area contributed by atoms with Crippen molar-refractivity contribution in [1.82, 2.24) is 10.1 Å². The number of nitro groups is 1. The molecular formula is C16H18N6O3. The molecule has 0 unspecified atom stereocenters. The standard InChI is InChI=1S/C16H18N6O3/c1-20(2)16-18-15(25-19-16)11-5-7-21(8-6-11)14-4-3-13(22(23)24)9-12(14)10-17/h3-4,9,11H,5-8H2,1-2H3. The third-order valence-corrected chi connectivity index (χ3v) is 4.33. The van der Waals surface area contributed by atoms with Gasteiger partial charge >= 0.3 is 0 Å². The highest BCUT2D eigenvalue weighted by molar-refractivity contribution is 5.63. The second-order valence-electron chi connectivity index (χ2n) is 6.16. The van der Waals surface area contributed by atoms with Crippen LogP contribution in [0.1, 0.15) is 30.2 Å². The number of nitriles is 1. The van der Waals surface area contributed by atoms with Gasteiger partial charge in [-0.05, 0) is 24.1 Å². The number of nitrogens with zero attached hydrogens (tertiary/aromatic N) is 6. The molecule has 0 bridgehead atoms. The van der Waals surface area contributed by atoms with E-state index in [9.17, 15) is 15.4 Å². The Bertz CT molecular complexity index is 818. The molecule has 9 nitrogen and oxygen atoms in total. The zero-order valence-electron chi connectivity index (χ0n) is 14.0. The summed E-state index contributed by atoms with van der Waals surface area (Å²) < 4.78 is 5.34. The molecule has 0 amide bonds. The van der Waals surface area contributed by atoms with Gasteiger partial charge in [-0.3, -0.25) is 10.1 Å². The van der Waals surface area contributed by atoms with Crippen molar-refractivity contribution in [2.75, 3.05) is 37.0 Å². The highest BCUT2D eigenvalue weighted by Crippen LogP contribution is 2.32. The van der Waals surface area contributed by atoms with Crippen molar-refractivity contribution in [3.63, 3.8) is 0 Å². The van der Waals surface area contributed by atoms with Crippen LogP contribution in [0.4, 0.5) is 17.3 Å². The largest absolute Gasteiger partial charge is 0.370 e. The summed E-state index contributed by atoms with van der Waals surface area (Å²) in [6.45, 7) is 1.44. The molecule has 1 saturated heterocycles. The first-order chi connectivity index (χ1) is 12.0. The van der Waals surface area contributed by atoms with Crippen molar-refractivity contribution < 1.29 is 9.45 Å². The predicted octanol–water partition coefficient (Wildman–Crippen LogP) is 2.30. The number of hydrogen-bond acceptors (Lipinski definition) is 8. The second kappa shape index (κ2) is 6.76. The number of piperidine rings is 1. The van der Waals surface area contributed by atoms with Crippen LogP contribution in [-0.2, 0) is 0 Å². The van der Waals surface area contributed by atoms with Crippen LogP contribution >= 0.6 is 0 Å². The SMILES string of the molecule is CN(C)c1noc(C2CCN(c3ccc([N+](=O)[O-])cc3C#N)CC2)n1. The van der Waals surface area contributed by atoms with E-state index in [0.717, 1.165) is 31.6 Å². The zero-order valence-corrected chi connectivity index (χ0v) is 14.0. The molecule has 25 heavy (non-hydrogen) atoms. The molecule has 0 aliphatic carbocycles. The fourth-order valence-corrected chi connectivity index (χ4v) is 2.94. The summed E-state index contributed by atoms with van der Waals surface area (Å²) in [5, 5.41) is 24.1. The Morgan fingerprint density at radius 3 is 2.68 bits per heavy atom. The predicted molar refractivity (Wildman–Crippen MR) is 90.6 cm³/mol. The van der Waals surface area contributed by atoms with Crippen LogP contribution in [-0.4, -0.2) is 42.2 Å². The van der Waals surface area contributed by atoms with E-state index in [0.29, 0.717) is 17.4 Å². The van der Waals surface area contributed by atoms with Crippen molar-refractivity contribution in [3.8, 4) is 6.07 Å². The minimum atomic E-state index is -0.491. The monoisotopic (exact) mass is 342 g/mol. The topological polar surface area (TPSA) is 112 Å². The van der Waals surface area contributed by atoms with E-state index in [2.05, 4.69) is 21.1 Å². The molecule has 1 aliphatic heterocycles. The van der Waals surface area contributed by atoms with Crippen LogP contribution in [0.15, 0.2) is 22.7 Å². The number of non-ortho nitro benzene ring substituents is 1. The van der Waals surface area contributed by atoms with E-state index in [1.807, 2.05) is 14.1 Å². The maximum atomic E-state index is 10.9. The van der Waals surface area contributed by atoms with Crippen LogP contribution < -0.4 is 9.80 Å². The minimum Gasteiger partial charge on any atom is -0.370 e. The van der Waals surface area contributed by atoms with Crippen LogP contribution in [0.25, 0.3) is 0 Å². The van der Waals surface area contributed by atoms with Crippen molar-refractivity contribution in [2.24, 2.45) is 0 Å². The van der Waals surface area contributed by atoms with Gasteiger partial charge in [-0.2, -0.15) is 10.2 Å². The Labute approximate surface area is 144 Å². The third kappa shape index (κ3) is 3.38. The lowest BCUT2D eigenvalue weighted by Crippen LogP contribution is -2.33. The number of hydrogen-bond donors (Lipinski definition) is 0. The second-order valence-corrected chi connectivity index (χ2v) is 6.16. The summed E-state index contributed by atoms with van der Waals surface area (Å²) in [6.07, 6.45) is 1.63.